The monoisotopic (exact) mass is 373 g/mol. The molecule has 1 atom stereocenters. The van der Waals surface area contributed by atoms with Crippen LogP contribution in [0.25, 0.3) is 0 Å². The predicted octanol–water partition coefficient (Wildman–Crippen LogP) is 3.73. The Morgan fingerprint density at radius 3 is 2.81 bits per heavy atom. The lowest BCUT2D eigenvalue weighted by atomic mass is 9.97. The maximum atomic E-state index is 12.6. The van der Waals surface area contributed by atoms with Crippen molar-refractivity contribution in [1.82, 2.24) is 14.5 Å². The molecule has 2 fully saturated rings. The largest absolute Gasteiger partial charge is 0.484 e. The number of rotatable bonds is 6. The number of piperidine rings is 1. The zero-order chi connectivity index (χ0) is 17.9. The molecule has 1 aliphatic carbocycles. The first-order valence-electron chi connectivity index (χ1n) is 9.36. The molecule has 138 valence electrons. The molecule has 5 nitrogen and oxygen atoms in total. The first-order valence-corrected chi connectivity index (χ1v) is 9.74. The summed E-state index contributed by atoms with van der Waals surface area (Å²) in [5.41, 5.74) is 0. The molecule has 2 heterocycles. The average Bonchev–Trinajstić information content (AvgIpc) is 3.36. The molecule has 2 aliphatic rings. The minimum atomic E-state index is 0.0324. The van der Waals surface area contributed by atoms with Gasteiger partial charge >= 0.3 is 0 Å². The fourth-order valence-electron chi connectivity index (χ4n) is 3.60. The molecule has 0 bridgehead atoms. The van der Waals surface area contributed by atoms with E-state index in [4.69, 9.17) is 16.3 Å². The van der Waals surface area contributed by atoms with Gasteiger partial charge in [-0.25, -0.2) is 4.98 Å². The summed E-state index contributed by atoms with van der Waals surface area (Å²) in [5.74, 6) is 2.96. The molecule has 4 rings (SSSR count). The smallest absolute Gasteiger partial charge is 0.260 e. The van der Waals surface area contributed by atoms with Gasteiger partial charge in [0.25, 0.3) is 5.91 Å². The van der Waals surface area contributed by atoms with Crippen molar-refractivity contribution in [3.05, 3.63) is 47.5 Å². The van der Waals surface area contributed by atoms with Crippen molar-refractivity contribution < 1.29 is 9.53 Å². The molecule has 1 unspecified atom stereocenters. The van der Waals surface area contributed by atoms with Gasteiger partial charge in [0.2, 0.25) is 0 Å². The van der Waals surface area contributed by atoms with Gasteiger partial charge in [0.15, 0.2) is 6.61 Å². The van der Waals surface area contributed by atoms with Crippen molar-refractivity contribution in [1.29, 1.82) is 0 Å². The second-order valence-electron chi connectivity index (χ2n) is 7.30. The van der Waals surface area contributed by atoms with Crippen LogP contribution in [0.1, 0.15) is 37.4 Å². The highest BCUT2D eigenvalue weighted by atomic mass is 35.5. The molecule has 1 amide bonds. The molecule has 1 aromatic heterocycles. The van der Waals surface area contributed by atoms with E-state index in [2.05, 4.69) is 15.7 Å². The quantitative estimate of drug-likeness (QED) is 0.775. The van der Waals surface area contributed by atoms with Crippen molar-refractivity contribution in [2.75, 3.05) is 19.7 Å². The zero-order valence-corrected chi connectivity index (χ0v) is 15.6. The lowest BCUT2D eigenvalue weighted by Crippen LogP contribution is -2.42. The molecule has 1 saturated carbocycles. The number of benzene rings is 1. The number of carbonyl (C=O) groups excluding carboxylic acids is 1. The molecule has 0 spiro atoms. The summed E-state index contributed by atoms with van der Waals surface area (Å²) in [6.07, 6.45) is 8.72. The van der Waals surface area contributed by atoms with Crippen LogP contribution < -0.4 is 4.74 Å². The highest BCUT2D eigenvalue weighted by molar-refractivity contribution is 6.30. The second-order valence-corrected chi connectivity index (χ2v) is 7.74. The van der Waals surface area contributed by atoms with E-state index in [9.17, 15) is 4.79 Å². The van der Waals surface area contributed by atoms with Crippen molar-refractivity contribution in [2.24, 2.45) is 5.92 Å². The molecule has 0 radical (unpaired) electrons. The number of hydrogen-bond acceptors (Lipinski definition) is 3. The van der Waals surface area contributed by atoms with Crippen LogP contribution in [-0.2, 0) is 11.3 Å². The summed E-state index contributed by atoms with van der Waals surface area (Å²) in [6.45, 7) is 2.65. The van der Waals surface area contributed by atoms with Gasteiger partial charge in [-0.2, -0.15) is 0 Å². The molecule has 1 aromatic carbocycles. The number of imidazole rings is 1. The van der Waals surface area contributed by atoms with Crippen LogP contribution in [0.15, 0.2) is 36.7 Å². The van der Waals surface area contributed by atoms with Gasteiger partial charge in [-0.1, -0.05) is 11.6 Å². The van der Waals surface area contributed by atoms with E-state index in [1.54, 1.807) is 24.3 Å². The zero-order valence-electron chi connectivity index (χ0n) is 14.8. The Labute approximate surface area is 158 Å². The minimum absolute atomic E-state index is 0.0324. The number of nitrogens with zero attached hydrogens (tertiary/aromatic N) is 3. The van der Waals surface area contributed by atoms with Crippen LogP contribution in [0.5, 0.6) is 5.75 Å². The standard InChI is InChI=1S/C20H24ClN3O2/c21-17-5-7-18(8-6-17)26-14-19(25)23-10-1-2-16(13-23)20-22-9-11-24(20)12-15-3-4-15/h5-9,11,15-16H,1-4,10,12-14H2. The van der Waals surface area contributed by atoms with E-state index in [1.165, 1.54) is 12.8 Å². The number of aromatic nitrogens is 2. The van der Waals surface area contributed by atoms with Gasteiger partial charge in [0.05, 0.1) is 0 Å². The highest BCUT2D eigenvalue weighted by Gasteiger charge is 2.29. The molecule has 1 aliphatic heterocycles. The van der Waals surface area contributed by atoms with Crippen LogP contribution >= 0.6 is 11.6 Å². The van der Waals surface area contributed by atoms with Crippen LogP contribution in [-0.4, -0.2) is 40.1 Å². The fourth-order valence-corrected chi connectivity index (χ4v) is 3.72. The van der Waals surface area contributed by atoms with E-state index in [0.717, 1.165) is 44.2 Å². The predicted molar refractivity (Wildman–Crippen MR) is 100 cm³/mol. The Balaban J connectivity index is 1.34. The highest BCUT2D eigenvalue weighted by Crippen LogP contribution is 2.33. The summed E-state index contributed by atoms with van der Waals surface area (Å²) >= 11 is 5.87. The first-order chi connectivity index (χ1) is 12.7. The third-order valence-corrected chi connectivity index (χ3v) is 5.47. The van der Waals surface area contributed by atoms with Gasteiger partial charge in [0.1, 0.15) is 11.6 Å². The topological polar surface area (TPSA) is 47.4 Å². The van der Waals surface area contributed by atoms with Gasteiger partial charge in [-0.15, -0.1) is 0 Å². The normalized spacial score (nSPS) is 20.2. The van der Waals surface area contributed by atoms with Gasteiger partial charge in [-0.05, 0) is 55.9 Å². The molecule has 2 aromatic rings. The number of hydrogen-bond donors (Lipinski definition) is 0. The van der Waals surface area contributed by atoms with E-state index < -0.39 is 0 Å². The van der Waals surface area contributed by atoms with E-state index in [-0.39, 0.29) is 12.5 Å². The summed E-state index contributed by atoms with van der Waals surface area (Å²) in [4.78, 5) is 19.1. The lowest BCUT2D eigenvalue weighted by Gasteiger charge is -2.32. The number of likely N-dealkylation sites (tertiary alicyclic amines) is 1. The molecule has 0 N–H and O–H groups in total. The summed E-state index contributed by atoms with van der Waals surface area (Å²) in [5, 5.41) is 0.657. The van der Waals surface area contributed by atoms with Crippen molar-refractivity contribution >= 4 is 17.5 Å². The number of halogens is 1. The van der Waals surface area contributed by atoms with Crippen LogP contribution in [0.4, 0.5) is 0 Å². The third kappa shape index (κ3) is 4.21. The maximum absolute atomic E-state index is 12.6. The van der Waals surface area contributed by atoms with E-state index >= 15 is 0 Å². The average molecular weight is 374 g/mol. The molecule has 26 heavy (non-hydrogen) atoms. The number of ether oxygens (including phenoxy) is 1. The Morgan fingerprint density at radius 1 is 1.23 bits per heavy atom. The maximum Gasteiger partial charge on any atom is 0.260 e. The molecule has 6 heteroatoms. The van der Waals surface area contributed by atoms with Crippen LogP contribution in [0.2, 0.25) is 5.02 Å². The number of carbonyl (C=O) groups is 1. The van der Waals surface area contributed by atoms with Crippen LogP contribution in [0.3, 0.4) is 0 Å². The molecule has 1 saturated heterocycles. The minimum Gasteiger partial charge on any atom is -0.484 e. The Morgan fingerprint density at radius 2 is 2.04 bits per heavy atom. The Hall–Kier alpha value is -2.01. The van der Waals surface area contributed by atoms with Crippen molar-refractivity contribution in [3.63, 3.8) is 0 Å². The van der Waals surface area contributed by atoms with Crippen molar-refractivity contribution in [3.8, 4) is 5.75 Å². The fraction of sp³-hybridized carbons (Fsp3) is 0.500. The van der Waals surface area contributed by atoms with Gasteiger partial charge < -0.3 is 14.2 Å². The van der Waals surface area contributed by atoms with Gasteiger partial charge in [0, 0.05) is 43.0 Å². The molecular formula is C20H24ClN3O2. The first kappa shape index (κ1) is 17.4. The SMILES string of the molecule is O=C(COc1ccc(Cl)cc1)N1CCCC(c2nccn2CC2CC2)C1. The van der Waals surface area contributed by atoms with Crippen LogP contribution in [0, 0.1) is 5.92 Å². The summed E-state index contributed by atoms with van der Waals surface area (Å²) < 4.78 is 7.91. The third-order valence-electron chi connectivity index (χ3n) is 5.21. The number of amides is 1. The van der Waals surface area contributed by atoms with E-state index in [0.29, 0.717) is 16.7 Å². The Bertz CT molecular complexity index is 755. The molecular weight excluding hydrogens is 350 g/mol. The second kappa shape index (κ2) is 7.70. The van der Waals surface area contributed by atoms with Gasteiger partial charge in [-0.3, -0.25) is 4.79 Å². The summed E-state index contributed by atoms with van der Waals surface area (Å²) in [7, 11) is 0. The summed E-state index contributed by atoms with van der Waals surface area (Å²) in [6, 6.07) is 7.09. The van der Waals surface area contributed by atoms with E-state index in [1.807, 2.05) is 11.1 Å². The lowest BCUT2D eigenvalue weighted by molar-refractivity contribution is -0.134. The van der Waals surface area contributed by atoms with Crippen molar-refractivity contribution in [2.45, 2.75) is 38.1 Å². The Kier molecular flexibility index (Phi) is 5.16.